The van der Waals surface area contributed by atoms with E-state index in [4.69, 9.17) is 0 Å². The van der Waals surface area contributed by atoms with Gasteiger partial charge in [0, 0.05) is 38.1 Å². The van der Waals surface area contributed by atoms with Gasteiger partial charge in [-0.15, -0.1) is 0 Å². The summed E-state index contributed by atoms with van der Waals surface area (Å²) in [6.07, 6.45) is 6.16. The molecule has 1 aromatic carbocycles. The van der Waals surface area contributed by atoms with Crippen LogP contribution in [0.5, 0.6) is 0 Å². The quantitative estimate of drug-likeness (QED) is 0.618. The minimum absolute atomic E-state index is 0.214. The number of amides is 2. The largest absolute Gasteiger partial charge is 0.348 e. The fourth-order valence-electron chi connectivity index (χ4n) is 3.89. The van der Waals surface area contributed by atoms with Gasteiger partial charge in [-0.3, -0.25) is 14.6 Å². The maximum atomic E-state index is 13.4. The van der Waals surface area contributed by atoms with Gasteiger partial charge < -0.3 is 10.6 Å². The average Bonchev–Trinajstić information content (AvgIpc) is 2.79. The highest BCUT2D eigenvalue weighted by atomic mass is 32.2. The van der Waals surface area contributed by atoms with Crippen molar-refractivity contribution in [3.63, 3.8) is 0 Å². The fraction of sp³-hybridized carbons (Fsp3) is 0.435. The first-order valence-corrected chi connectivity index (χ1v) is 12.3. The van der Waals surface area contributed by atoms with Gasteiger partial charge in [0.25, 0.3) is 0 Å². The highest BCUT2D eigenvalue weighted by molar-refractivity contribution is 7.89. The summed E-state index contributed by atoms with van der Waals surface area (Å²) in [6.45, 7) is 4.60. The molecule has 3 rings (SSSR count). The van der Waals surface area contributed by atoms with Crippen LogP contribution in [0.15, 0.2) is 47.6 Å². The van der Waals surface area contributed by atoms with E-state index in [2.05, 4.69) is 15.6 Å². The molecule has 32 heavy (non-hydrogen) atoms. The van der Waals surface area contributed by atoms with Crippen molar-refractivity contribution in [3.05, 3.63) is 59.4 Å². The van der Waals surface area contributed by atoms with Gasteiger partial charge in [0.1, 0.15) is 0 Å². The zero-order chi connectivity index (χ0) is 23.1. The number of sulfonamides is 1. The Morgan fingerprint density at radius 1 is 1.06 bits per heavy atom. The number of nitrogens with zero attached hydrogens (tertiary/aromatic N) is 2. The maximum absolute atomic E-state index is 13.4. The number of carbonyl (C=O) groups is 2. The van der Waals surface area contributed by atoms with Crippen molar-refractivity contribution in [2.24, 2.45) is 0 Å². The lowest BCUT2D eigenvalue weighted by molar-refractivity contribution is -0.139. The van der Waals surface area contributed by atoms with Crippen molar-refractivity contribution in [1.29, 1.82) is 0 Å². The topological polar surface area (TPSA) is 108 Å². The molecule has 2 N–H and O–H groups in total. The monoisotopic (exact) mass is 458 g/mol. The summed E-state index contributed by atoms with van der Waals surface area (Å²) in [5, 5.41) is 5.18. The van der Waals surface area contributed by atoms with Crippen LogP contribution >= 0.6 is 0 Å². The summed E-state index contributed by atoms with van der Waals surface area (Å²) >= 11 is 0. The summed E-state index contributed by atoms with van der Waals surface area (Å²) in [4.78, 5) is 28.4. The van der Waals surface area contributed by atoms with Crippen molar-refractivity contribution in [2.75, 3.05) is 13.1 Å². The zero-order valence-electron chi connectivity index (χ0n) is 18.5. The molecule has 0 spiro atoms. The van der Waals surface area contributed by atoms with Crippen LogP contribution in [-0.2, 0) is 26.2 Å². The van der Waals surface area contributed by atoms with E-state index in [1.54, 1.807) is 41.8 Å². The Kier molecular flexibility index (Phi) is 7.98. The second-order valence-electron chi connectivity index (χ2n) is 8.12. The van der Waals surface area contributed by atoms with E-state index in [1.165, 1.54) is 0 Å². The minimum atomic E-state index is -3.63. The first kappa shape index (κ1) is 23.9. The molecule has 0 bridgehead atoms. The standard InChI is InChI=1S/C23H30N4O4S/c1-17-6-7-18(2)21(15-17)32(30,31)27-14-4-3-5-20(27)10-13-25-22(28)23(29)26-16-19-8-11-24-12-9-19/h6-9,11-12,15,20H,3-5,10,13-14,16H2,1-2H3,(H,25,28)(H,26,29)/t20-/m0/s1. The molecule has 9 heteroatoms. The molecule has 172 valence electrons. The Morgan fingerprint density at radius 2 is 1.78 bits per heavy atom. The van der Waals surface area contributed by atoms with E-state index in [0.29, 0.717) is 17.9 Å². The molecular weight excluding hydrogens is 428 g/mol. The molecule has 1 fully saturated rings. The molecule has 1 aliphatic heterocycles. The van der Waals surface area contributed by atoms with Gasteiger partial charge in [-0.2, -0.15) is 4.31 Å². The van der Waals surface area contributed by atoms with Crippen molar-refractivity contribution in [1.82, 2.24) is 19.9 Å². The Hall–Kier alpha value is -2.78. The molecule has 1 aliphatic rings. The molecule has 2 amide bonds. The second kappa shape index (κ2) is 10.7. The summed E-state index contributed by atoms with van der Waals surface area (Å²) in [5.41, 5.74) is 2.46. The predicted octanol–water partition coefficient (Wildman–Crippen LogP) is 2.06. The van der Waals surface area contributed by atoms with E-state index in [1.807, 2.05) is 19.1 Å². The van der Waals surface area contributed by atoms with E-state index >= 15 is 0 Å². The van der Waals surface area contributed by atoms with Crippen molar-refractivity contribution in [2.45, 2.75) is 57.0 Å². The summed E-state index contributed by atoms with van der Waals surface area (Å²) in [5.74, 6) is -1.44. The molecule has 2 heterocycles. The van der Waals surface area contributed by atoms with Gasteiger partial charge >= 0.3 is 11.8 Å². The summed E-state index contributed by atoms with van der Waals surface area (Å²) in [6, 6.07) is 8.74. The number of hydrogen-bond donors (Lipinski definition) is 2. The number of hydrogen-bond acceptors (Lipinski definition) is 5. The van der Waals surface area contributed by atoms with Gasteiger partial charge in [0.15, 0.2) is 0 Å². The molecular formula is C23H30N4O4S. The predicted molar refractivity (Wildman–Crippen MR) is 121 cm³/mol. The third-order valence-electron chi connectivity index (χ3n) is 5.68. The lowest BCUT2D eigenvalue weighted by atomic mass is 10.0. The van der Waals surface area contributed by atoms with Gasteiger partial charge in [-0.1, -0.05) is 18.6 Å². The SMILES string of the molecule is Cc1ccc(C)c(S(=O)(=O)N2CCCC[C@H]2CCNC(=O)C(=O)NCc2ccncc2)c1. The lowest BCUT2D eigenvalue weighted by Crippen LogP contribution is -2.46. The van der Waals surface area contributed by atoms with Gasteiger partial charge in [-0.05, 0) is 68.0 Å². The molecule has 2 aromatic rings. The van der Waals surface area contributed by atoms with Crippen molar-refractivity contribution >= 4 is 21.8 Å². The third kappa shape index (κ3) is 5.92. The fourth-order valence-corrected chi connectivity index (χ4v) is 5.92. The van der Waals surface area contributed by atoms with Crippen molar-refractivity contribution in [3.8, 4) is 0 Å². The first-order valence-electron chi connectivity index (χ1n) is 10.8. The van der Waals surface area contributed by atoms with Crippen LogP contribution in [0.1, 0.15) is 42.4 Å². The normalized spacial score (nSPS) is 17.0. The average molecular weight is 459 g/mol. The Morgan fingerprint density at radius 3 is 2.53 bits per heavy atom. The highest BCUT2D eigenvalue weighted by Crippen LogP contribution is 2.29. The third-order valence-corrected chi connectivity index (χ3v) is 7.77. The number of aromatic nitrogens is 1. The highest BCUT2D eigenvalue weighted by Gasteiger charge is 2.34. The zero-order valence-corrected chi connectivity index (χ0v) is 19.3. The summed E-state index contributed by atoms with van der Waals surface area (Å²) < 4.78 is 28.3. The number of rotatable bonds is 7. The molecule has 0 unspecified atom stereocenters. The van der Waals surface area contributed by atoms with Gasteiger partial charge in [0.2, 0.25) is 10.0 Å². The van der Waals surface area contributed by atoms with Crippen LogP contribution in [0, 0.1) is 13.8 Å². The Bertz CT molecular complexity index is 1060. The molecule has 0 aliphatic carbocycles. The van der Waals surface area contributed by atoms with Gasteiger partial charge in [0.05, 0.1) is 4.90 Å². The Balaban J connectivity index is 1.56. The van der Waals surface area contributed by atoms with E-state index < -0.39 is 21.8 Å². The van der Waals surface area contributed by atoms with Crippen LogP contribution in [-0.4, -0.2) is 48.7 Å². The Labute approximate surface area is 189 Å². The number of pyridine rings is 1. The van der Waals surface area contributed by atoms with Gasteiger partial charge in [-0.25, -0.2) is 8.42 Å². The van der Waals surface area contributed by atoms with Crippen LogP contribution in [0.4, 0.5) is 0 Å². The molecule has 1 atom stereocenters. The molecule has 8 nitrogen and oxygen atoms in total. The summed E-state index contributed by atoms with van der Waals surface area (Å²) in [7, 11) is -3.63. The minimum Gasteiger partial charge on any atom is -0.348 e. The maximum Gasteiger partial charge on any atom is 0.309 e. The van der Waals surface area contributed by atoms with Crippen LogP contribution in [0.3, 0.4) is 0 Å². The molecule has 0 saturated carbocycles. The first-order chi connectivity index (χ1) is 15.3. The molecule has 0 radical (unpaired) electrons. The number of benzene rings is 1. The van der Waals surface area contributed by atoms with Crippen LogP contribution < -0.4 is 10.6 Å². The number of aryl methyl sites for hydroxylation is 2. The molecule has 1 aromatic heterocycles. The van der Waals surface area contributed by atoms with Crippen LogP contribution in [0.25, 0.3) is 0 Å². The molecule has 1 saturated heterocycles. The number of nitrogens with one attached hydrogen (secondary N) is 2. The number of piperidine rings is 1. The smallest absolute Gasteiger partial charge is 0.309 e. The van der Waals surface area contributed by atoms with Crippen LogP contribution in [0.2, 0.25) is 0 Å². The second-order valence-corrected chi connectivity index (χ2v) is 9.98. The number of carbonyl (C=O) groups excluding carboxylic acids is 2. The van der Waals surface area contributed by atoms with Crippen molar-refractivity contribution < 1.29 is 18.0 Å². The van der Waals surface area contributed by atoms with E-state index in [0.717, 1.165) is 36.0 Å². The lowest BCUT2D eigenvalue weighted by Gasteiger charge is -2.35. The van der Waals surface area contributed by atoms with E-state index in [-0.39, 0.29) is 19.1 Å². The van der Waals surface area contributed by atoms with E-state index in [9.17, 15) is 18.0 Å².